The Balaban J connectivity index is 2.21. The number of nitriles is 1. The van der Waals surface area contributed by atoms with Crippen LogP contribution in [0.1, 0.15) is 15.2 Å². The van der Waals surface area contributed by atoms with E-state index >= 15 is 0 Å². The third kappa shape index (κ3) is 4.54. The summed E-state index contributed by atoms with van der Waals surface area (Å²) in [7, 11) is 1.20. The van der Waals surface area contributed by atoms with Gasteiger partial charge in [0, 0.05) is 4.47 Å². The number of carbonyl (C=O) groups excluding carboxylic acids is 2. The largest absolute Gasteiger partial charge is 0.465 e. The van der Waals surface area contributed by atoms with Gasteiger partial charge in [-0.2, -0.15) is 5.26 Å². The fourth-order valence-electron chi connectivity index (χ4n) is 1.69. The number of esters is 2. The predicted octanol–water partition coefficient (Wildman–Crippen LogP) is 4.57. The highest BCUT2D eigenvalue weighted by Gasteiger charge is 2.15. The molecule has 0 fully saturated rings. The summed E-state index contributed by atoms with van der Waals surface area (Å²) in [5.74, 6) is -0.925. The lowest BCUT2D eigenvalue weighted by Crippen LogP contribution is -2.06. The molecule has 0 bridgehead atoms. The van der Waals surface area contributed by atoms with Crippen LogP contribution in [-0.4, -0.2) is 19.0 Å². The summed E-state index contributed by atoms with van der Waals surface area (Å²) in [6.45, 7) is 0. The van der Waals surface area contributed by atoms with Gasteiger partial charge >= 0.3 is 11.9 Å². The van der Waals surface area contributed by atoms with Gasteiger partial charge in [-0.25, -0.2) is 9.59 Å². The van der Waals surface area contributed by atoms with Crippen molar-refractivity contribution in [3.05, 3.63) is 54.6 Å². The Labute approximate surface area is 158 Å². The lowest BCUT2D eigenvalue weighted by atomic mass is 10.1. The van der Waals surface area contributed by atoms with Crippen molar-refractivity contribution in [1.82, 2.24) is 0 Å². The van der Waals surface area contributed by atoms with Crippen LogP contribution >= 0.6 is 43.2 Å². The highest BCUT2D eigenvalue weighted by atomic mass is 79.9. The number of nitrogens with zero attached hydrogens (tertiary/aromatic N) is 1. The number of ether oxygens (including phenoxy) is 2. The minimum atomic E-state index is -0.729. The van der Waals surface area contributed by atoms with E-state index in [1.807, 2.05) is 0 Å². The molecular formula is C16H9Br2NO4S. The Hall–Kier alpha value is -1.95. The molecule has 0 saturated heterocycles. The SMILES string of the molecule is COC(=O)/C(C#N)=C/c1cccc(OC(=O)c2cc(Br)c(Br)s2)c1. The third-order valence-electron chi connectivity index (χ3n) is 2.75. The van der Waals surface area contributed by atoms with E-state index in [0.29, 0.717) is 16.2 Å². The first kappa shape index (κ1) is 18.4. The predicted molar refractivity (Wildman–Crippen MR) is 96.7 cm³/mol. The van der Waals surface area contributed by atoms with Gasteiger partial charge in [-0.3, -0.25) is 0 Å². The van der Waals surface area contributed by atoms with E-state index in [9.17, 15) is 9.59 Å². The molecule has 24 heavy (non-hydrogen) atoms. The fraction of sp³-hybridized carbons (Fsp3) is 0.0625. The fourth-order valence-corrected chi connectivity index (χ4v) is 3.60. The van der Waals surface area contributed by atoms with Gasteiger partial charge in [0.25, 0.3) is 0 Å². The molecule has 8 heteroatoms. The maximum Gasteiger partial charge on any atom is 0.353 e. The Morgan fingerprint density at radius 3 is 2.62 bits per heavy atom. The summed E-state index contributed by atoms with van der Waals surface area (Å²) < 4.78 is 11.4. The number of hydrogen-bond donors (Lipinski definition) is 0. The number of methoxy groups -OCH3 is 1. The second-order valence-corrected chi connectivity index (χ2v) is 7.58. The molecule has 122 valence electrons. The van der Waals surface area contributed by atoms with Crippen molar-refractivity contribution in [1.29, 1.82) is 5.26 Å². The van der Waals surface area contributed by atoms with Crippen molar-refractivity contribution in [2.45, 2.75) is 0 Å². The molecule has 0 atom stereocenters. The average Bonchev–Trinajstić information content (AvgIpc) is 2.91. The zero-order valence-corrected chi connectivity index (χ0v) is 16.2. The quantitative estimate of drug-likeness (QED) is 0.283. The molecule has 1 aromatic heterocycles. The maximum atomic E-state index is 12.1. The third-order valence-corrected chi connectivity index (χ3v) is 5.99. The van der Waals surface area contributed by atoms with Gasteiger partial charge in [0.2, 0.25) is 0 Å². The van der Waals surface area contributed by atoms with Crippen LogP contribution in [0.3, 0.4) is 0 Å². The number of hydrogen-bond acceptors (Lipinski definition) is 6. The lowest BCUT2D eigenvalue weighted by molar-refractivity contribution is -0.135. The minimum absolute atomic E-state index is 0.146. The molecule has 0 aliphatic heterocycles. The summed E-state index contributed by atoms with van der Waals surface area (Å²) in [6.07, 6.45) is 1.36. The average molecular weight is 471 g/mol. The first-order chi connectivity index (χ1) is 11.4. The van der Waals surface area contributed by atoms with Crippen LogP contribution in [0.5, 0.6) is 5.75 Å². The van der Waals surface area contributed by atoms with Crippen molar-refractivity contribution in [3.8, 4) is 11.8 Å². The van der Waals surface area contributed by atoms with Gasteiger partial charge in [0.05, 0.1) is 10.9 Å². The molecule has 0 aliphatic rings. The Morgan fingerprint density at radius 1 is 1.29 bits per heavy atom. The number of halogens is 2. The first-order valence-electron chi connectivity index (χ1n) is 6.41. The molecule has 5 nitrogen and oxygen atoms in total. The van der Waals surface area contributed by atoms with E-state index in [0.717, 1.165) is 8.26 Å². The standard InChI is InChI=1S/C16H9Br2NO4S/c1-22-15(20)10(8-19)5-9-3-2-4-11(6-9)23-16(21)13-7-12(17)14(18)24-13/h2-7H,1H3/b10-5+. The molecule has 0 spiro atoms. The molecule has 2 rings (SSSR count). The van der Waals surface area contributed by atoms with Gasteiger partial charge in [0.15, 0.2) is 0 Å². The number of thiophene rings is 1. The van der Waals surface area contributed by atoms with Crippen molar-refractivity contribution < 1.29 is 19.1 Å². The van der Waals surface area contributed by atoms with Gasteiger partial charge < -0.3 is 9.47 Å². The van der Waals surface area contributed by atoms with E-state index in [4.69, 9.17) is 10.00 Å². The highest BCUT2D eigenvalue weighted by molar-refractivity contribution is 9.13. The molecule has 0 N–H and O–H groups in total. The molecule has 1 heterocycles. The molecule has 0 unspecified atom stereocenters. The second-order valence-electron chi connectivity index (χ2n) is 4.36. The van der Waals surface area contributed by atoms with Crippen LogP contribution in [0.4, 0.5) is 0 Å². The molecule has 1 aromatic carbocycles. The smallest absolute Gasteiger partial charge is 0.353 e. The summed E-state index contributed by atoms with van der Waals surface area (Å²) in [5.41, 5.74) is 0.392. The van der Waals surface area contributed by atoms with Crippen LogP contribution < -0.4 is 4.74 Å². The molecule has 0 aliphatic carbocycles. The Bertz CT molecular complexity index is 848. The Morgan fingerprint density at radius 2 is 2.04 bits per heavy atom. The number of rotatable bonds is 4. The zero-order chi connectivity index (χ0) is 17.7. The molecule has 0 saturated carbocycles. The van der Waals surface area contributed by atoms with E-state index < -0.39 is 11.9 Å². The molecule has 2 aromatic rings. The lowest BCUT2D eigenvalue weighted by Gasteiger charge is -2.04. The first-order valence-corrected chi connectivity index (χ1v) is 8.82. The van der Waals surface area contributed by atoms with Crippen molar-refractivity contribution >= 4 is 61.2 Å². The molecule has 0 radical (unpaired) electrons. The highest BCUT2D eigenvalue weighted by Crippen LogP contribution is 2.33. The summed E-state index contributed by atoms with van der Waals surface area (Å²) in [5, 5.41) is 8.97. The van der Waals surface area contributed by atoms with Crippen molar-refractivity contribution in [3.63, 3.8) is 0 Å². The van der Waals surface area contributed by atoms with E-state index in [1.165, 1.54) is 24.5 Å². The van der Waals surface area contributed by atoms with Gasteiger partial charge in [-0.15, -0.1) is 11.3 Å². The summed E-state index contributed by atoms with van der Waals surface area (Å²) in [4.78, 5) is 24.0. The van der Waals surface area contributed by atoms with Gasteiger partial charge in [-0.1, -0.05) is 12.1 Å². The number of benzene rings is 1. The maximum absolute atomic E-state index is 12.1. The van der Waals surface area contributed by atoms with Crippen LogP contribution in [0.25, 0.3) is 6.08 Å². The molecule has 0 amide bonds. The topological polar surface area (TPSA) is 76.4 Å². The van der Waals surface area contributed by atoms with Crippen LogP contribution in [0, 0.1) is 11.3 Å². The summed E-state index contributed by atoms with van der Waals surface area (Å²) >= 11 is 7.88. The van der Waals surface area contributed by atoms with Crippen LogP contribution in [0.2, 0.25) is 0 Å². The number of carbonyl (C=O) groups is 2. The van der Waals surface area contributed by atoms with Gasteiger partial charge in [-0.05, 0) is 61.7 Å². The summed E-state index contributed by atoms with van der Waals surface area (Å²) in [6, 6.07) is 9.91. The van der Waals surface area contributed by atoms with E-state index in [1.54, 1.807) is 36.4 Å². The monoisotopic (exact) mass is 469 g/mol. The second kappa shape index (κ2) is 8.24. The van der Waals surface area contributed by atoms with Gasteiger partial charge in [0.1, 0.15) is 22.3 Å². The minimum Gasteiger partial charge on any atom is -0.465 e. The van der Waals surface area contributed by atoms with E-state index in [-0.39, 0.29) is 5.57 Å². The van der Waals surface area contributed by atoms with Crippen LogP contribution in [0.15, 0.2) is 44.2 Å². The normalized spacial score (nSPS) is 10.8. The van der Waals surface area contributed by atoms with Crippen molar-refractivity contribution in [2.24, 2.45) is 0 Å². The Kier molecular flexibility index (Phi) is 6.31. The van der Waals surface area contributed by atoms with Crippen LogP contribution in [-0.2, 0) is 9.53 Å². The van der Waals surface area contributed by atoms with Crippen molar-refractivity contribution in [2.75, 3.05) is 7.11 Å². The zero-order valence-electron chi connectivity index (χ0n) is 12.2. The molecular weight excluding hydrogens is 462 g/mol. The van der Waals surface area contributed by atoms with E-state index in [2.05, 4.69) is 36.6 Å².